The van der Waals surface area contributed by atoms with E-state index in [1.54, 1.807) is 0 Å². The maximum Gasteiger partial charge on any atom is 0.305 e. The van der Waals surface area contributed by atoms with Crippen LogP contribution in [-0.2, 0) is 9.53 Å². The van der Waals surface area contributed by atoms with Gasteiger partial charge < -0.3 is 4.74 Å². The van der Waals surface area contributed by atoms with E-state index in [-0.39, 0.29) is 5.97 Å². The van der Waals surface area contributed by atoms with Gasteiger partial charge in [0.15, 0.2) is 0 Å². The zero-order valence-electron chi connectivity index (χ0n) is 12.2. The Morgan fingerprint density at radius 1 is 1.37 bits per heavy atom. The van der Waals surface area contributed by atoms with E-state index in [0.29, 0.717) is 12.0 Å². The lowest BCUT2D eigenvalue weighted by Gasteiger charge is -2.32. The Morgan fingerprint density at radius 3 is 2.53 bits per heavy atom. The molecule has 0 saturated heterocycles. The van der Waals surface area contributed by atoms with E-state index >= 15 is 0 Å². The molecule has 0 bridgehead atoms. The number of carbonyl (C=O) groups excluding carboxylic acids is 1. The minimum absolute atomic E-state index is 0.106. The quantitative estimate of drug-likeness (QED) is 0.433. The van der Waals surface area contributed by atoms with Crippen molar-refractivity contribution >= 4 is 19.2 Å². The molecule has 0 aromatic heterocycles. The first-order valence-electron chi connectivity index (χ1n) is 6.75. The Balaban J connectivity index is 2.93. The maximum absolute atomic E-state index is 11.6. The molecule has 0 radical (unpaired) electrons. The average molecular weight is 276 g/mol. The van der Waals surface area contributed by atoms with E-state index < -0.39 is 8.07 Å². The largest absolute Gasteiger partial charge is 0.469 e. The van der Waals surface area contributed by atoms with Crippen LogP contribution in [0, 0.1) is 0 Å². The zero-order chi connectivity index (χ0) is 14.3. The fraction of sp³-hybridized carbons (Fsp3) is 0.438. The van der Waals surface area contributed by atoms with Crippen LogP contribution >= 0.6 is 0 Å². The molecule has 104 valence electrons. The van der Waals surface area contributed by atoms with Crippen molar-refractivity contribution in [1.82, 2.24) is 0 Å². The summed E-state index contributed by atoms with van der Waals surface area (Å²) >= 11 is 0. The number of hydrogen-bond acceptors (Lipinski definition) is 2. The van der Waals surface area contributed by atoms with Gasteiger partial charge in [-0.1, -0.05) is 54.7 Å². The molecule has 0 N–H and O–H groups in total. The van der Waals surface area contributed by atoms with E-state index in [1.807, 2.05) is 12.1 Å². The predicted octanol–water partition coefficient (Wildman–Crippen LogP) is 3.50. The fourth-order valence-corrected chi connectivity index (χ4v) is 5.51. The van der Waals surface area contributed by atoms with E-state index in [9.17, 15) is 4.79 Å². The third-order valence-corrected chi connectivity index (χ3v) is 8.25. The van der Waals surface area contributed by atoms with Crippen molar-refractivity contribution in [3.05, 3.63) is 43.0 Å². The van der Waals surface area contributed by atoms with E-state index in [1.165, 1.54) is 12.3 Å². The Labute approximate surface area is 117 Å². The van der Waals surface area contributed by atoms with Crippen LogP contribution in [0.2, 0.25) is 18.6 Å². The molecule has 0 aliphatic rings. The van der Waals surface area contributed by atoms with Crippen LogP contribution in [0.25, 0.3) is 0 Å². The molecule has 2 nitrogen and oxygen atoms in total. The summed E-state index contributed by atoms with van der Waals surface area (Å²) in [6.45, 7) is 8.45. The molecule has 0 fully saturated rings. The van der Waals surface area contributed by atoms with Crippen molar-refractivity contribution in [2.75, 3.05) is 7.11 Å². The van der Waals surface area contributed by atoms with Gasteiger partial charge in [-0.05, 0) is 18.4 Å². The molecule has 1 rings (SSSR count). The zero-order valence-corrected chi connectivity index (χ0v) is 13.2. The summed E-state index contributed by atoms with van der Waals surface area (Å²) in [6.07, 6.45) is 4.40. The Hall–Kier alpha value is -1.35. The van der Waals surface area contributed by atoms with Crippen LogP contribution in [0.4, 0.5) is 0 Å². The van der Waals surface area contributed by atoms with Crippen LogP contribution in [0.5, 0.6) is 0 Å². The number of methoxy groups -OCH3 is 1. The van der Waals surface area contributed by atoms with Crippen LogP contribution in [0.15, 0.2) is 43.0 Å². The number of rotatable bonds is 7. The average Bonchev–Trinajstić information content (AvgIpc) is 2.43. The molecule has 0 unspecified atom stereocenters. The number of allylic oxidation sites excluding steroid dienone is 1. The van der Waals surface area contributed by atoms with Gasteiger partial charge in [0.2, 0.25) is 0 Å². The molecule has 0 saturated carbocycles. The lowest BCUT2D eigenvalue weighted by molar-refractivity contribution is -0.140. The van der Waals surface area contributed by atoms with Gasteiger partial charge in [-0.2, -0.15) is 0 Å². The molecule has 1 atom stereocenters. The highest BCUT2D eigenvalue weighted by molar-refractivity contribution is 6.91. The van der Waals surface area contributed by atoms with Crippen molar-refractivity contribution in [1.29, 1.82) is 0 Å². The second-order valence-corrected chi connectivity index (χ2v) is 10.3. The van der Waals surface area contributed by atoms with E-state index in [4.69, 9.17) is 4.74 Å². The maximum atomic E-state index is 11.6. The molecule has 0 aliphatic carbocycles. The summed E-state index contributed by atoms with van der Waals surface area (Å²) in [6, 6.07) is 10.6. The molecule has 0 spiro atoms. The van der Waals surface area contributed by atoms with Gasteiger partial charge in [0.25, 0.3) is 0 Å². The molecular weight excluding hydrogens is 252 g/mol. The first-order valence-corrected chi connectivity index (χ1v) is 9.83. The van der Waals surface area contributed by atoms with Crippen LogP contribution < -0.4 is 5.19 Å². The van der Waals surface area contributed by atoms with Crippen LogP contribution in [0.1, 0.15) is 19.3 Å². The van der Waals surface area contributed by atoms with Crippen molar-refractivity contribution in [2.24, 2.45) is 0 Å². The molecule has 0 heterocycles. The minimum Gasteiger partial charge on any atom is -0.469 e. The van der Waals surface area contributed by atoms with Crippen molar-refractivity contribution < 1.29 is 9.53 Å². The summed E-state index contributed by atoms with van der Waals surface area (Å²) < 4.78 is 4.85. The monoisotopic (exact) mass is 276 g/mol. The molecule has 1 aromatic carbocycles. The minimum atomic E-state index is -1.67. The highest BCUT2D eigenvalue weighted by Gasteiger charge is 2.34. The Morgan fingerprint density at radius 2 is 2.00 bits per heavy atom. The molecule has 0 aliphatic heterocycles. The summed E-state index contributed by atoms with van der Waals surface area (Å²) in [5.41, 5.74) is 0.389. The molecule has 19 heavy (non-hydrogen) atoms. The number of esters is 1. The third-order valence-electron chi connectivity index (χ3n) is 3.90. The molecule has 1 aromatic rings. The van der Waals surface area contributed by atoms with Crippen molar-refractivity contribution in [3.8, 4) is 0 Å². The lowest BCUT2D eigenvalue weighted by atomic mass is 10.2. The van der Waals surface area contributed by atoms with Gasteiger partial charge in [0, 0.05) is 6.42 Å². The number of hydrogen-bond donors (Lipinski definition) is 0. The topological polar surface area (TPSA) is 26.3 Å². The third kappa shape index (κ3) is 4.35. The lowest BCUT2D eigenvalue weighted by Crippen LogP contribution is -2.46. The molecular formula is C16H24O2Si. The van der Waals surface area contributed by atoms with Crippen molar-refractivity contribution in [2.45, 2.75) is 37.9 Å². The summed E-state index contributed by atoms with van der Waals surface area (Å²) in [5.74, 6) is -0.106. The van der Waals surface area contributed by atoms with Gasteiger partial charge in [0.05, 0.1) is 15.2 Å². The first kappa shape index (κ1) is 15.7. The number of carbonyl (C=O) groups is 1. The highest BCUT2D eigenvalue weighted by atomic mass is 28.3. The molecule has 3 heteroatoms. The summed E-state index contributed by atoms with van der Waals surface area (Å²) in [5, 5.41) is 1.40. The summed E-state index contributed by atoms with van der Waals surface area (Å²) in [4.78, 5) is 11.6. The SMILES string of the molecule is C=CCC[C@@H](CC(=O)OC)[Si](C)(C)c1ccccc1. The Bertz CT molecular complexity index is 412. The first-order chi connectivity index (χ1) is 9.02. The van der Waals surface area contributed by atoms with Gasteiger partial charge >= 0.3 is 5.97 Å². The standard InChI is InChI=1S/C16H24O2Si/c1-5-6-10-15(13-16(17)18-2)19(3,4)14-11-8-7-9-12-14/h5,7-9,11-12,15H,1,6,10,13H2,2-4H3/t15-/m0/s1. The fourth-order valence-electron chi connectivity index (χ4n) is 2.43. The summed E-state index contributed by atoms with van der Waals surface area (Å²) in [7, 11) is -0.211. The highest BCUT2D eigenvalue weighted by Crippen LogP contribution is 2.30. The van der Waals surface area contributed by atoms with E-state index in [2.05, 4.69) is 43.9 Å². The molecule has 0 amide bonds. The Kier molecular flexibility index (Phi) is 6.02. The van der Waals surface area contributed by atoms with Gasteiger partial charge in [-0.3, -0.25) is 4.79 Å². The van der Waals surface area contributed by atoms with E-state index in [0.717, 1.165) is 12.8 Å². The van der Waals surface area contributed by atoms with Crippen LogP contribution in [0.3, 0.4) is 0 Å². The van der Waals surface area contributed by atoms with Crippen LogP contribution in [-0.4, -0.2) is 21.2 Å². The van der Waals surface area contributed by atoms with Gasteiger partial charge in [-0.25, -0.2) is 0 Å². The number of benzene rings is 1. The second kappa shape index (κ2) is 7.29. The smallest absolute Gasteiger partial charge is 0.305 e. The normalized spacial score (nSPS) is 12.8. The predicted molar refractivity (Wildman–Crippen MR) is 83.4 cm³/mol. The number of ether oxygens (including phenoxy) is 1. The van der Waals surface area contributed by atoms with Gasteiger partial charge in [0.1, 0.15) is 0 Å². The van der Waals surface area contributed by atoms with Gasteiger partial charge in [-0.15, -0.1) is 6.58 Å². The second-order valence-electron chi connectivity index (χ2n) is 5.43. The van der Waals surface area contributed by atoms with Crippen molar-refractivity contribution in [3.63, 3.8) is 0 Å².